The zero-order chi connectivity index (χ0) is 11.0. The van der Waals surface area contributed by atoms with Gasteiger partial charge in [0.1, 0.15) is 5.15 Å². The number of pyridine rings is 1. The number of hydrogen-bond donors (Lipinski definition) is 1. The first-order valence-corrected chi connectivity index (χ1v) is 5.35. The Morgan fingerprint density at radius 3 is 2.60 bits per heavy atom. The van der Waals surface area contributed by atoms with Crippen molar-refractivity contribution in [1.29, 1.82) is 0 Å². The van der Waals surface area contributed by atoms with Crippen LogP contribution in [0, 0.1) is 0 Å². The molecule has 0 amide bonds. The van der Waals surface area contributed by atoms with Crippen molar-refractivity contribution < 1.29 is 0 Å². The molecule has 15 heavy (non-hydrogen) atoms. The molecule has 2 nitrogen and oxygen atoms in total. The maximum Gasteiger partial charge on any atom is 0.129 e. The molecule has 0 saturated carbocycles. The highest BCUT2D eigenvalue weighted by Crippen LogP contribution is 2.30. The van der Waals surface area contributed by atoms with E-state index in [2.05, 4.69) is 4.98 Å². The molecule has 1 aromatic carbocycles. The Morgan fingerprint density at radius 2 is 1.93 bits per heavy atom. The Labute approximate surface area is 98.0 Å². The van der Waals surface area contributed by atoms with Crippen molar-refractivity contribution in [3.8, 4) is 0 Å². The topological polar surface area (TPSA) is 38.9 Å². The van der Waals surface area contributed by atoms with Crippen LogP contribution in [0.1, 0.15) is 18.5 Å². The van der Waals surface area contributed by atoms with E-state index in [-0.39, 0.29) is 6.04 Å². The lowest BCUT2D eigenvalue weighted by atomic mass is 10.1. The summed E-state index contributed by atoms with van der Waals surface area (Å²) in [5, 5.41) is 2.01. The number of benzene rings is 1. The van der Waals surface area contributed by atoms with Gasteiger partial charge < -0.3 is 5.73 Å². The molecule has 2 N–H and O–H groups in total. The molecule has 78 valence electrons. The van der Waals surface area contributed by atoms with E-state index in [0.717, 1.165) is 16.5 Å². The van der Waals surface area contributed by atoms with Gasteiger partial charge in [-0.1, -0.05) is 29.3 Å². The van der Waals surface area contributed by atoms with Gasteiger partial charge >= 0.3 is 0 Å². The van der Waals surface area contributed by atoms with Gasteiger partial charge in [-0.05, 0) is 30.7 Å². The van der Waals surface area contributed by atoms with Gasteiger partial charge in [0.2, 0.25) is 0 Å². The van der Waals surface area contributed by atoms with Crippen LogP contribution in [0.2, 0.25) is 10.2 Å². The predicted molar refractivity (Wildman–Crippen MR) is 64.4 cm³/mol. The van der Waals surface area contributed by atoms with Gasteiger partial charge in [0, 0.05) is 11.4 Å². The van der Waals surface area contributed by atoms with E-state index in [1.807, 2.05) is 25.1 Å². The van der Waals surface area contributed by atoms with Crippen molar-refractivity contribution in [3.63, 3.8) is 0 Å². The van der Waals surface area contributed by atoms with Gasteiger partial charge in [0.25, 0.3) is 0 Å². The van der Waals surface area contributed by atoms with Gasteiger partial charge in [-0.3, -0.25) is 0 Å². The smallest absolute Gasteiger partial charge is 0.129 e. The average Bonchev–Trinajstić information content (AvgIpc) is 2.17. The van der Waals surface area contributed by atoms with E-state index in [0.29, 0.717) is 10.2 Å². The van der Waals surface area contributed by atoms with Crippen molar-refractivity contribution in [2.45, 2.75) is 13.0 Å². The summed E-state index contributed by atoms with van der Waals surface area (Å²) in [7, 11) is 0. The van der Waals surface area contributed by atoms with Crippen LogP contribution in [0.15, 0.2) is 24.3 Å². The lowest BCUT2D eigenvalue weighted by Gasteiger charge is -2.10. The molecular weight excluding hydrogens is 231 g/mol. The minimum absolute atomic E-state index is 0.0856. The van der Waals surface area contributed by atoms with Crippen LogP contribution in [-0.4, -0.2) is 4.98 Å². The monoisotopic (exact) mass is 240 g/mol. The summed E-state index contributed by atoms with van der Waals surface area (Å²) in [6, 6.07) is 7.27. The van der Waals surface area contributed by atoms with Crippen LogP contribution in [0.25, 0.3) is 10.9 Å². The normalized spacial score (nSPS) is 13.1. The molecule has 2 rings (SSSR count). The summed E-state index contributed by atoms with van der Waals surface area (Å²) in [6.07, 6.45) is 0. The number of hydrogen-bond acceptors (Lipinski definition) is 2. The first kappa shape index (κ1) is 10.7. The van der Waals surface area contributed by atoms with Gasteiger partial charge in [-0.25, -0.2) is 4.98 Å². The van der Waals surface area contributed by atoms with E-state index >= 15 is 0 Å². The maximum atomic E-state index is 6.23. The lowest BCUT2D eigenvalue weighted by Crippen LogP contribution is -2.05. The third-order valence-electron chi connectivity index (χ3n) is 2.29. The molecule has 1 aromatic heterocycles. The van der Waals surface area contributed by atoms with Crippen LogP contribution in [0.4, 0.5) is 0 Å². The zero-order valence-electron chi connectivity index (χ0n) is 8.17. The summed E-state index contributed by atoms with van der Waals surface area (Å²) in [5.41, 5.74) is 7.52. The van der Waals surface area contributed by atoms with Crippen molar-refractivity contribution >= 4 is 34.1 Å². The molecule has 0 fully saturated rings. The number of rotatable bonds is 1. The second-order valence-electron chi connectivity index (χ2n) is 3.46. The van der Waals surface area contributed by atoms with Crippen LogP contribution < -0.4 is 5.73 Å². The maximum absolute atomic E-state index is 6.23. The average molecular weight is 241 g/mol. The summed E-state index contributed by atoms with van der Waals surface area (Å²) < 4.78 is 0. The number of halogens is 2. The van der Waals surface area contributed by atoms with E-state index in [9.17, 15) is 0 Å². The van der Waals surface area contributed by atoms with Crippen LogP contribution in [0.3, 0.4) is 0 Å². The highest BCUT2D eigenvalue weighted by Gasteiger charge is 2.09. The lowest BCUT2D eigenvalue weighted by molar-refractivity contribution is 0.820. The minimum atomic E-state index is -0.0856. The van der Waals surface area contributed by atoms with Crippen LogP contribution in [0.5, 0.6) is 0 Å². The SMILES string of the molecule is CC(N)c1ccc2nc(Cl)ccc2c1Cl. The summed E-state index contributed by atoms with van der Waals surface area (Å²) in [4.78, 5) is 4.18. The fourth-order valence-corrected chi connectivity index (χ4v) is 2.06. The molecule has 0 radical (unpaired) electrons. The summed E-state index contributed by atoms with van der Waals surface area (Å²) >= 11 is 12.0. The number of aromatic nitrogens is 1. The van der Waals surface area contributed by atoms with Gasteiger partial charge in [-0.2, -0.15) is 0 Å². The van der Waals surface area contributed by atoms with Crippen molar-refractivity contribution in [2.24, 2.45) is 5.73 Å². The largest absolute Gasteiger partial charge is 0.324 e. The molecule has 0 bridgehead atoms. The Morgan fingerprint density at radius 1 is 1.20 bits per heavy atom. The van der Waals surface area contributed by atoms with Crippen molar-refractivity contribution in [1.82, 2.24) is 4.98 Å². The summed E-state index contributed by atoms with van der Waals surface area (Å²) in [5.74, 6) is 0. The molecule has 1 heterocycles. The minimum Gasteiger partial charge on any atom is -0.324 e. The summed E-state index contributed by atoms with van der Waals surface area (Å²) in [6.45, 7) is 1.90. The number of nitrogens with two attached hydrogens (primary N) is 1. The fraction of sp³-hybridized carbons (Fsp3) is 0.182. The predicted octanol–water partition coefficient (Wildman–Crippen LogP) is 3.56. The second kappa shape index (κ2) is 3.97. The Balaban J connectivity index is 2.74. The molecule has 0 aliphatic carbocycles. The van der Waals surface area contributed by atoms with Crippen molar-refractivity contribution in [3.05, 3.63) is 40.0 Å². The van der Waals surface area contributed by atoms with E-state index in [1.165, 1.54) is 0 Å². The molecule has 2 aromatic rings. The van der Waals surface area contributed by atoms with E-state index in [4.69, 9.17) is 28.9 Å². The fourth-order valence-electron chi connectivity index (χ4n) is 1.51. The van der Waals surface area contributed by atoms with Gasteiger partial charge in [0.05, 0.1) is 10.5 Å². The molecule has 1 atom stereocenters. The van der Waals surface area contributed by atoms with Gasteiger partial charge in [-0.15, -0.1) is 0 Å². The van der Waals surface area contributed by atoms with Gasteiger partial charge in [0.15, 0.2) is 0 Å². The van der Waals surface area contributed by atoms with E-state index < -0.39 is 0 Å². The molecule has 1 unspecified atom stereocenters. The van der Waals surface area contributed by atoms with E-state index in [1.54, 1.807) is 6.07 Å². The highest BCUT2D eigenvalue weighted by atomic mass is 35.5. The Kier molecular flexibility index (Phi) is 2.83. The zero-order valence-corrected chi connectivity index (χ0v) is 9.68. The number of nitrogens with zero attached hydrogens (tertiary/aromatic N) is 1. The van der Waals surface area contributed by atoms with Crippen molar-refractivity contribution in [2.75, 3.05) is 0 Å². The molecule has 0 aliphatic rings. The highest BCUT2D eigenvalue weighted by molar-refractivity contribution is 6.36. The first-order chi connectivity index (χ1) is 7.09. The quantitative estimate of drug-likeness (QED) is 0.775. The molecular formula is C11H10Cl2N2. The molecule has 4 heteroatoms. The Hall–Kier alpha value is -0.830. The first-order valence-electron chi connectivity index (χ1n) is 4.60. The Bertz CT molecular complexity index is 509. The molecule has 0 spiro atoms. The standard InChI is InChI=1S/C11H10Cl2N2/c1-6(14)7-2-4-9-8(11(7)13)3-5-10(12)15-9/h2-6H,14H2,1H3. The van der Waals surface area contributed by atoms with Crippen LogP contribution in [-0.2, 0) is 0 Å². The molecule has 0 aliphatic heterocycles. The second-order valence-corrected chi connectivity index (χ2v) is 4.22. The van der Waals surface area contributed by atoms with Crippen LogP contribution >= 0.6 is 23.2 Å². The third kappa shape index (κ3) is 1.93. The molecule has 0 saturated heterocycles. The number of fused-ring (bicyclic) bond motifs is 1. The third-order valence-corrected chi connectivity index (χ3v) is 2.92.